The molecule has 0 heterocycles. The summed E-state index contributed by atoms with van der Waals surface area (Å²) in [5.41, 5.74) is 7.77. The van der Waals surface area contributed by atoms with E-state index in [1.807, 2.05) is 19.1 Å². The summed E-state index contributed by atoms with van der Waals surface area (Å²) < 4.78 is 0. The third-order valence-electron chi connectivity index (χ3n) is 1.91. The molecule has 0 aromatic rings. The molecule has 0 spiro atoms. The molecule has 0 bridgehead atoms. The van der Waals surface area contributed by atoms with Crippen molar-refractivity contribution < 1.29 is 0 Å². The van der Waals surface area contributed by atoms with Crippen LogP contribution >= 0.6 is 0 Å². The van der Waals surface area contributed by atoms with E-state index in [1.54, 1.807) is 12.4 Å². The largest absolute Gasteiger partial charge is 0.404 e. The number of aliphatic imine (C=N–C) groups is 1. The molecule has 0 rings (SSSR count). The Morgan fingerprint density at radius 1 is 1.40 bits per heavy atom. The van der Waals surface area contributed by atoms with Gasteiger partial charge in [-0.25, -0.2) is 0 Å². The first kappa shape index (κ1) is 13.4. The Morgan fingerprint density at radius 3 is 2.60 bits per heavy atom. The van der Waals surface area contributed by atoms with Crippen LogP contribution in [0.5, 0.6) is 0 Å². The first-order valence-electron chi connectivity index (χ1n) is 5.15. The zero-order chi connectivity index (χ0) is 11.5. The second-order valence-corrected chi connectivity index (χ2v) is 3.05. The van der Waals surface area contributed by atoms with Gasteiger partial charge in [0.1, 0.15) is 0 Å². The molecule has 0 radical (unpaired) electrons. The maximum Gasteiger partial charge on any atom is 0.0299 e. The molecule has 0 unspecified atom stereocenters. The van der Waals surface area contributed by atoms with Crippen LogP contribution in [0.4, 0.5) is 0 Å². The van der Waals surface area contributed by atoms with E-state index in [2.05, 4.69) is 24.6 Å². The Labute approximate surface area is 92.6 Å². The molecule has 0 aliphatic rings. The molecule has 0 amide bonds. The van der Waals surface area contributed by atoms with Crippen LogP contribution in [0.25, 0.3) is 0 Å². The molecule has 0 saturated carbocycles. The highest BCUT2D eigenvalue weighted by Crippen LogP contribution is 2.10. The quantitative estimate of drug-likeness (QED) is 0.523. The van der Waals surface area contributed by atoms with Crippen LogP contribution < -0.4 is 5.73 Å². The summed E-state index contributed by atoms with van der Waals surface area (Å²) >= 11 is 0. The maximum atomic E-state index is 5.54. The second-order valence-electron chi connectivity index (χ2n) is 3.05. The average molecular weight is 204 g/mol. The molecule has 0 aliphatic carbocycles. The lowest BCUT2D eigenvalue weighted by molar-refractivity contribution is 1.17. The van der Waals surface area contributed by atoms with Crippen LogP contribution in [0.1, 0.15) is 26.7 Å². The molecular formula is C13H20N2. The van der Waals surface area contributed by atoms with Gasteiger partial charge in [-0.15, -0.1) is 0 Å². The van der Waals surface area contributed by atoms with E-state index in [-0.39, 0.29) is 0 Å². The zero-order valence-corrected chi connectivity index (χ0v) is 9.61. The highest BCUT2D eigenvalue weighted by Gasteiger charge is 1.95. The van der Waals surface area contributed by atoms with Gasteiger partial charge in [-0.1, -0.05) is 31.7 Å². The van der Waals surface area contributed by atoms with E-state index in [9.17, 15) is 0 Å². The maximum absolute atomic E-state index is 5.54. The van der Waals surface area contributed by atoms with Gasteiger partial charge in [-0.05, 0) is 30.7 Å². The Kier molecular flexibility index (Phi) is 8.06. The number of rotatable bonds is 6. The van der Waals surface area contributed by atoms with Crippen molar-refractivity contribution in [3.63, 3.8) is 0 Å². The summed E-state index contributed by atoms with van der Waals surface area (Å²) in [4.78, 5) is 3.99. The monoisotopic (exact) mass is 204 g/mol. The molecule has 0 aromatic carbocycles. The summed E-state index contributed by atoms with van der Waals surface area (Å²) in [6.07, 6.45) is 13.0. The van der Waals surface area contributed by atoms with Crippen LogP contribution in [-0.2, 0) is 0 Å². The summed E-state index contributed by atoms with van der Waals surface area (Å²) in [5, 5.41) is 0. The average Bonchev–Trinajstić information content (AvgIpc) is 2.28. The fourth-order valence-electron chi connectivity index (χ4n) is 1.05. The molecule has 2 heteroatoms. The summed E-state index contributed by atoms with van der Waals surface area (Å²) in [6, 6.07) is 0. The topological polar surface area (TPSA) is 38.4 Å². The SMILES string of the molecule is C=CN=C/C(=C\C)CC(/C=C\CC)=C/N. The van der Waals surface area contributed by atoms with Gasteiger partial charge in [0.15, 0.2) is 0 Å². The van der Waals surface area contributed by atoms with Crippen molar-refractivity contribution in [2.24, 2.45) is 10.7 Å². The van der Waals surface area contributed by atoms with Crippen molar-refractivity contribution in [2.75, 3.05) is 0 Å². The smallest absolute Gasteiger partial charge is 0.0299 e. The third-order valence-corrected chi connectivity index (χ3v) is 1.91. The van der Waals surface area contributed by atoms with Crippen LogP contribution in [-0.4, -0.2) is 6.21 Å². The van der Waals surface area contributed by atoms with Gasteiger partial charge in [0.25, 0.3) is 0 Å². The van der Waals surface area contributed by atoms with E-state index in [0.29, 0.717) is 0 Å². The molecule has 15 heavy (non-hydrogen) atoms. The van der Waals surface area contributed by atoms with Crippen LogP contribution in [0.15, 0.2) is 53.3 Å². The highest BCUT2D eigenvalue weighted by atomic mass is 14.7. The fraction of sp³-hybridized carbons (Fsp3) is 0.308. The van der Waals surface area contributed by atoms with E-state index >= 15 is 0 Å². The minimum atomic E-state index is 0.806. The molecule has 2 nitrogen and oxygen atoms in total. The highest BCUT2D eigenvalue weighted by molar-refractivity contribution is 5.79. The minimum Gasteiger partial charge on any atom is -0.404 e. The van der Waals surface area contributed by atoms with Crippen LogP contribution in [0.2, 0.25) is 0 Å². The molecule has 0 fully saturated rings. The Morgan fingerprint density at radius 2 is 2.13 bits per heavy atom. The van der Waals surface area contributed by atoms with Crippen LogP contribution in [0.3, 0.4) is 0 Å². The Hall–Kier alpha value is -1.57. The van der Waals surface area contributed by atoms with Crippen molar-refractivity contribution in [1.29, 1.82) is 0 Å². The molecule has 0 atom stereocenters. The lowest BCUT2D eigenvalue weighted by Gasteiger charge is -2.01. The van der Waals surface area contributed by atoms with Crippen molar-refractivity contribution in [1.82, 2.24) is 0 Å². The fourth-order valence-corrected chi connectivity index (χ4v) is 1.05. The normalized spacial score (nSPS) is 14.0. The summed E-state index contributed by atoms with van der Waals surface area (Å²) in [5.74, 6) is 0. The van der Waals surface area contributed by atoms with E-state index in [0.717, 1.165) is 24.0 Å². The molecule has 0 aliphatic heterocycles. The van der Waals surface area contributed by atoms with E-state index in [1.165, 1.54) is 6.20 Å². The molecule has 0 saturated heterocycles. The number of nitrogens with zero attached hydrogens (tertiary/aromatic N) is 1. The standard InChI is InChI=1S/C13H20N2/c1-4-7-8-13(10-14)9-12(5-2)11-15-6-3/h5-8,10-11H,3-4,9,14H2,1-2H3/b8-7-,12-5-,13-10+,15-11?. The van der Waals surface area contributed by atoms with Gasteiger partial charge in [0.2, 0.25) is 0 Å². The number of allylic oxidation sites excluding steroid dienone is 5. The number of nitrogens with two attached hydrogens (primary N) is 1. The minimum absolute atomic E-state index is 0.806. The molecule has 0 aromatic heterocycles. The third kappa shape index (κ3) is 6.49. The lowest BCUT2D eigenvalue weighted by Crippen LogP contribution is -1.91. The molecular weight excluding hydrogens is 184 g/mol. The van der Waals surface area contributed by atoms with Gasteiger partial charge in [0.05, 0.1) is 0 Å². The molecule has 2 N–H and O–H groups in total. The summed E-state index contributed by atoms with van der Waals surface area (Å²) in [6.45, 7) is 7.62. The van der Waals surface area contributed by atoms with E-state index in [4.69, 9.17) is 5.73 Å². The van der Waals surface area contributed by atoms with Crippen LogP contribution in [0, 0.1) is 0 Å². The first-order chi connectivity index (χ1) is 7.28. The van der Waals surface area contributed by atoms with E-state index < -0.39 is 0 Å². The molecule has 82 valence electrons. The van der Waals surface area contributed by atoms with Gasteiger partial charge < -0.3 is 5.73 Å². The predicted molar refractivity (Wildman–Crippen MR) is 68.8 cm³/mol. The number of hydrogen-bond acceptors (Lipinski definition) is 2. The van der Waals surface area contributed by atoms with Crippen molar-refractivity contribution in [3.05, 3.63) is 48.4 Å². The first-order valence-corrected chi connectivity index (χ1v) is 5.15. The predicted octanol–water partition coefficient (Wildman–Crippen LogP) is 3.35. The Balaban J connectivity index is 4.46. The van der Waals surface area contributed by atoms with Crippen molar-refractivity contribution in [3.8, 4) is 0 Å². The van der Waals surface area contributed by atoms with Crippen molar-refractivity contribution in [2.45, 2.75) is 26.7 Å². The van der Waals surface area contributed by atoms with Gasteiger partial charge in [-0.2, -0.15) is 0 Å². The zero-order valence-electron chi connectivity index (χ0n) is 9.61. The lowest BCUT2D eigenvalue weighted by atomic mass is 10.1. The summed E-state index contributed by atoms with van der Waals surface area (Å²) in [7, 11) is 0. The van der Waals surface area contributed by atoms with Gasteiger partial charge in [-0.3, -0.25) is 4.99 Å². The van der Waals surface area contributed by atoms with Gasteiger partial charge >= 0.3 is 0 Å². The second kappa shape index (κ2) is 9.00. The van der Waals surface area contributed by atoms with Gasteiger partial charge in [0, 0.05) is 18.8 Å². The Bertz CT molecular complexity index is 294. The van der Waals surface area contributed by atoms with Crippen molar-refractivity contribution >= 4 is 6.21 Å². The number of hydrogen-bond donors (Lipinski definition) is 1.